The first-order chi connectivity index (χ1) is 9.31. The molecule has 0 aliphatic rings. The quantitative estimate of drug-likeness (QED) is 0.876. The maximum absolute atomic E-state index is 12.1. The lowest BCUT2D eigenvalue weighted by Crippen LogP contribution is -2.40. The first-order valence-electron chi connectivity index (χ1n) is 6.57. The monoisotopic (exact) mass is 295 g/mol. The third-order valence-corrected chi connectivity index (χ3v) is 4.69. The summed E-state index contributed by atoms with van der Waals surface area (Å²) in [7, 11) is 1.64. The second-order valence-electron chi connectivity index (χ2n) is 5.77. The Morgan fingerprint density at radius 3 is 2.60 bits per heavy atom. The van der Waals surface area contributed by atoms with Crippen molar-refractivity contribution >= 4 is 22.3 Å². The highest BCUT2D eigenvalue weighted by molar-refractivity contribution is 7.90. The largest absolute Gasteiger partial charge is 0.598 e. The smallest absolute Gasteiger partial charge is 0.136 e. The summed E-state index contributed by atoms with van der Waals surface area (Å²) in [5, 5.41) is 0.981. The van der Waals surface area contributed by atoms with Crippen molar-refractivity contribution in [1.82, 2.24) is 4.72 Å². The van der Waals surface area contributed by atoms with Gasteiger partial charge in [-0.1, -0.05) is 0 Å². The molecule has 4 nitrogen and oxygen atoms in total. The van der Waals surface area contributed by atoms with Crippen LogP contribution < -0.4 is 9.46 Å². The topological polar surface area (TPSA) is 57.5 Å². The van der Waals surface area contributed by atoms with Crippen LogP contribution >= 0.6 is 0 Å². The number of furan rings is 1. The van der Waals surface area contributed by atoms with Gasteiger partial charge in [-0.25, -0.2) is 0 Å². The maximum Gasteiger partial charge on any atom is 0.136 e. The molecule has 1 N–H and O–H groups in total. The number of hydrogen-bond acceptors (Lipinski definition) is 4. The Morgan fingerprint density at radius 2 is 2.00 bits per heavy atom. The Kier molecular flexibility index (Phi) is 4.32. The Balaban J connectivity index is 2.20. The Bertz CT molecular complexity index is 588. The average Bonchev–Trinajstić information content (AvgIpc) is 2.80. The molecule has 0 radical (unpaired) electrons. The normalized spacial score (nSPS) is 15.3. The van der Waals surface area contributed by atoms with Crippen molar-refractivity contribution < 1.29 is 13.7 Å². The van der Waals surface area contributed by atoms with Gasteiger partial charge in [0.05, 0.1) is 7.11 Å². The standard InChI is InChI=1S/C15H21NO3S/c1-10(16-20(17)15(2,3)4)14-9-11-8-12(18-5)6-7-13(11)19-14/h6-10,16H,1-5H3/t10?,20-/m0/s1. The van der Waals surface area contributed by atoms with Crippen molar-refractivity contribution in [2.24, 2.45) is 0 Å². The minimum absolute atomic E-state index is 0.117. The third-order valence-electron chi connectivity index (χ3n) is 3.01. The van der Waals surface area contributed by atoms with Crippen molar-refractivity contribution in [2.75, 3.05) is 7.11 Å². The van der Waals surface area contributed by atoms with Gasteiger partial charge in [-0.15, -0.1) is 4.72 Å². The van der Waals surface area contributed by atoms with Gasteiger partial charge in [-0.2, -0.15) is 0 Å². The van der Waals surface area contributed by atoms with Crippen LogP contribution in [0.25, 0.3) is 11.0 Å². The van der Waals surface area contributed by atoms with Gasteiger partial charge in [0, 0.05) is 16.7 Å². The summed E-state index contributed by atoms with van der Waals surface area (Å²) < 4.78 is 25.9. The van der Waals surface area contributed by atoms with Crippen LogP contribution in [0, 0.1) is 0 Å². The van der Waals surface area contributed by atoms with E-state index in [9.17, 15) is 4.55 Å². The van der Waals surface area contributed by atoms with Gasteiger partial charge in [0.2, 0.25) is 0 Å². The molecule has 2 aromatic rings. The number of methoxy groups -OCH3 is 1. The highest BCUT2D eigenvalue weighted by atomic mass is 32.2. The molecule has 1 unspecified atom stereocenters. The molecule has 5 heteroatoms. The SMILES string of the molecule is COc1ccc2oc(C(C)N[S@@+]([O-])C(C)(C)C)cc2c1. The molecule has 20 heavy (non-hydrogen) atoms. The van der Waals surface area contributed by atoms with Crippen LogP contribution in [0.15, 0.2) is 28.7 Å². The van der Waals surface area contributed by atoms with Crippen LogP contribution in [0.5, 0.6) is 5.75 Å². The highest BCUT2D eigenvalue weighted by Gasteiger charge is 2.29. The fourth-order valence-electron chi connectivity index (χ4n) is 1.78. The number of nitrogens with one attached hydrogen (secondary N) is 1. The molecule has 1 aromatic carbocycles. The predicted octanol–water partition coefficient (Wildman–Crippen LogP) is 3.55. The summed E-state index contributed by atoms with van der Waals surface area (Å²) >= 11 is -1.13. The molecular weight excluding hydrogens is 274 g/mol. The van der Waals surface area contributed by atoms with E-state index in [4.69, 9.17) is 9.15 Å². The number of fused-ring (bicyclic) bond motifs is 1. The van der Waals surface area contributed by atoms with E-state index in [0.29, 0.717) is 0 Å². The Hall–Kier alpha value is -1.17. The van der Waals surface area contributed by atoms with E-state index in [1.807, 2.05) is 52.0 Å². The van der Waals surface area contributed by atoms with Crippen molar-refractivity contribution in [1.29, 1.82) is 0 Å². The minimum Gasteiger partial charge on any atom is -0.598 e. The zero-order valence-corrected chi connectivity index (χ0v) is 13.3. The van der Waals surface area contributed by atoms with Crippen LogP contribution in [0.2, 0.25) is 0 Å². The van der Waals surface area contributed by atoms with E-state index >= 15 is 0 Å². The van der Waals surface area contributed by atoms with Crippen LogP contribution in [0.4, 0.5) is 0 Å². The summed E-state index contributed by atoms with van der Waals surface area (Å²) in [6.07, 6.45) is 0. The number of benzene rings is 1. The number of rotatable bonds is 4. The molecule has 0 bridgehead atoms. The minimum atomic E-state index is -1.13. The highest BCUT2D eigenvalue weighted by Crippen LogP contribution is 2.28. The van der Waals surface area contributed by atoms with Gasteiger partial charge >= 0.3 is 0 Å². The summed E-state index contributed by atoms with van der Waals surface area (Å²) in [6.45, 7) is 7.75. The second kappa shape index (κ2) is 5.68. The number of ether oxygens (including phenoxy) is 1. The molecule has 0 fully saturated rings. The average molecular weight is 295 g/mol. The first kappa shape index (κ1) is 15.2. The molecule has 1 aromatic heterocycles. The summed E-state index contributed by atoms with van der Waals surface area (Å²) in [4.78, 5) is 0. The van der Waals surface area contributed by atoms with E-state index < -0.39 is 11.4 Å². The molecule has 0 aliphatic carbocycles. The zero-order valence-electron chi connectivity index (χ0n) is 12.5. The van der Waals surface area contributed by atoms with Gasteiger partial charge in [-0.05, 0) is 52.0 Å². The molecule has 0 saturated heterocycles. The molecule has 110 valence electrons. The van der Waals surface area contributed by atoms with Gasteiger partial charge < -0.3 is 13.7 Å². The molecule has 0 saturated carbocycles. The Morgan fingerprint density at radius 1 is 1.30 bits per heavy atom. The molecule has 2 atom stereocenters. The van der Waals surface area contributed by atoms with Gasteiger partial charge in [-0.3, -0.25) is 0 Å². The summed E-state index contributed by atoms with van der Waals surface area (Å²) in [5.74, 6) is 1.56. The van der Waals surface area contributed by atoms with Gasteiger partial charge in [0.15, 0.2) is 0 Å². The summed E-state index contributed by atoms with van der Waals surface area (Å²) in [5.41, 5.74) is 0.802. The van der Waals surface area contributed by atoms with E-state index in [1.165, 1.54) is 0 Å². The van der Waals surface area contributed by atoms with E-state index in [2.05, 4.69) is 4.72 Å². The fraction of sp³-hybridized carbons (Fsp3) is 0.467. The predicted molar refractivity (Wildman–Crippen MR) is 82.2 cm³/mol. The third kappa shape index (κ3) is 3.29. The van der Waals surface area contributed by atoms with Gasteiger partial charge in [0.25, 0.3) is 0 Å². The summed E-state index contributed by atoms with van der Waals surface area (Å²) in [6, 6.07) is 7.51. The van der Waals surface area contributed by atoms with E-state index in [1.54, 1.807) is 7.11 Å². The lowest BCUT2D eigenvalue weighted by Gasteiger charge is -2.25. The molecule has 0 spiro atoms. The van der Waals surface area contributed by atoms with Crippen molar-refractivity contribution in [2.45, 2.75) is 38.5 Å². The maximum atomic E-state index is 12.1. The number of hydrogen-bond donors (Lipinski definition) is 1. The van der Waals surface area contributed by atoms with Gasteiger partial charge in [0.1, 0.15) is 27.9 Å². The zero-order chi connectivity index (χ0) is 14.9. The lowest BCUT2D eigenvalue weighted by atomic mass is 10.2. The molecule has 1 heterocycles. The van der Waals surface area contributed by atoms with Crippen molar-refractivity contribution in [3.8, 4) is 5.75 Å². The Labute approximate surface area is 122 Å². The first-order valence-corrected chi connectivity index (χ1v) is 7.72. The molecule has 2 rings (SSSR count). The fourth-order valence-corrected chi connectivity index (χ4v) is 2.57. The molecular formula is C15H21NO3S. The second-order valence-corrected chi connectivity index (χ2v) is 7.77. The van der Waals surface area contributed by atoms with Crippen molar-refractivity contribution in [3.63, 3.8) is 0 Å². The van der Waals surface area contributed by atoms with E-state index in [0.717, 1.165) is 22.5 Å². The van der Waals surface area contributed by atoms with Crippen LogP contribution in [-0.4, -0.2) is 16.4 Å². The molecule has 0 amide bonds. The van der Waals surface area contributed by atoms with Crippen LogP contribution in [-0.2, 0) is 11.4 Å². The van der Waals surface area contributed by atoms with Crippen LogP contribution in [0.3, 0.4) is 0 Å². The lowest BCUT2D eigenvalue weighted by molar-refractivity contribution is 0.415. The van der Waals surface area contributed by atoms with E-state index in [-0.39, 0.29) is 10.8 Å². The molecule has 0 aliphatic heterocycles. The van der Waals surface area contributed by atoms with Crippen LogP contribution in [0.1, 0.15) is 39.5 Å². The van der Waals surface area contributed by atoms with Crippen molar-refractivity contribution in [3.05, 3.63) is 30.0 Å².